The quantitative estimate of drug-likeness (QED) is 0.340. The third kappa shape index (κ3) is 5.41. The van der Waals surface area contributed by atoms with Gasteiger partial charge in [-0.2, -0.15) is 0 Å². The number of benzene rings is 3. The first kappa shape index (κ1) is 26.4. The van der Waals surface area contributed by atoms with Crippen LogP contribution in [0.1, 0.15) is 58.2 Å². The molecule has 3 aromatic rings. The first-order chi connectivity index (χ1) is 16.5. The minimum absolute atomic E-state index is 0.0547. The number of carbonyl (C=O) groups is 2. The molecule has 0 fully saturated rings. The van der Waals surface area contributed by atoms with Gasteiger partial charge in [-0.3, -0.25) is 9.59 Å². The molecule has 0 bridgehead atoms. The molecule has 0 aliphatic heterocycles. The number of ether oxygens (including phenoxy) is 3. The van der Waals surface area contributed by atoms with Crippen LogP contribution in [0.4, 0.5) is 0 Å². The van der Waals surface area contributed by atoms with Gasteiger partial charge in [0.15, 0.2) is 5.52 Å². The van der Waals surface area contributed by atoms with E-state index in [1.54, 1.807) is 12.1 Å². The van der Waals surface area contributed by atoms with Crippen LogP contribution in [0.5, 0.6) is 17.2 Å². The molecule has 1 atom stereocenters. The van der Waals surface area contributed by atoms with Gasteiger partial charge in [0, 0.05) is 17.7 Å². The van der Waals surface area contributed by atoms with Crippen molar-refractivity contribution < 1.29 is 23.8 Å². The normalized spacial score (nSPS) is 12.1. The SMILES string of the molecule is COc1cc(OC)c(C(=O)P(C(=O)c2c(C)cc(C(C)(C)C)cc2C)c2ccccc2)c(OC)c1. The summed E-state index contributed by atoms with van der Waals surface area (Å²) in [6.07, 6.45) is 0. The lowest BCUT2D eigenvalue weighted by molar-refractivity contribution is 0.105. The predicted molar refractivity (Wildman–Crippen MR) is 142 cm³/mol. The minimum atomic E-state index is -1.94. The van der Waals surface area contributed by atoms with Crippen LogP contribution in [0.2, 0.25) is 0 Å². The number of carbonyl (C=O) groups excluding carboxylic acids is 2. The molecule has 6 heteroatoms. The fourth-order valence-corrected chi connectivity index (χ4v) is 6.22. The lowest BCUT2D eigenvalue weighted by Gasteiger charge is -2.24. The van der Waals surface area contributed by atoms with E-state index in [2.05, 4.69) is 32.9 Å². The zero-order valence-corrected chi connectivity index (χ0v) is 22.6. The maximum absolute atomic E-state index is 14.2. The number of rotatable bonds is 8. The summed E-state index contributed by atoms with van der Waals surface area (Å²) >= 11 is 0. The highest BCUT2D eigenvalue weighted by Crippen LogP contribution is 2.48. The molecule has 35 heavy (non-hydrogen) atoms. The van der Waals surface area contributed by atoms with Crippen LogP contribution >= 0.6 is 7.92 Å². The monoisotopic (exact) mass is 492 g/mol. The first-order valence-corrected chi connectivity index (χ1v) is 12.7. The second-order valence-electron chi connectivity index (χ2n) is 9.42. The summed E-state index contributed by atoms with van der Waals surface area (Å²) in [4.78, 5) is 28.4. The number of methoxy groups -OCH3 is 3. The highest BCUT2D eigenvalue weighted by Gasteiger charge is 2.36. The average Bonchev–Trinajstić information content (AvgIpc) is 2.82. The molecule has 0 aliphatic rings. The fourth-order valence-electron chi connectivity index (χ4n) is 4.08. The van der Waals surface area contributed by atoms with Gasteiger partial charge in [0.2, 0.25) is 5.52 Å². The van der Waals surface area contributed by atoms with Crippen LogP contribution in [0.25, 0.3) is 0 Å². The summed E-state index contributed by atoms with van der Waals surface area (Å²) in [5, 5.41) is 0.677. The Labute approximate surface area is 209 Å². The average molecular weight is 493 g/mol. The van der Waals surface area contributed by atoms with Crippen molar-refractivity contribution in [1.29, 1.82) is 0 Å². The van der Waals surface area contributed by atoms with Gasteiger partial charge >= 0.3 is 0 Å². The van der Waals surface area contributed by atoms with Crippen molar-refractivity contribution in [2.75, 3.05) is 21.3 Å². The topological polar surface area (TPSA) is 61.8 Å². The molecule has 0 saturated heterocycles. The summed E-state index contributed by atoms with van der Waals surface area (Å²) in [6, 6.07) is 16.6. The fraction of sp³-hybridized carbons (Fsp3) is 0.310. The van der Waals surface area contributed by atoms with E-state index in [0.29, 0.717) is 28.1 Å². The molecule has 0 aliphatic carbocycles. The number of hydrogen-bond donors (Lipinski definition) is 0. The van der Waals surface area contributed by atoms with Crippen LogP contribution in [0.3, 0.4) is 0 Å². The van der Waals surface area contributed by atoms with Gasteiger partial charge in [0.1, 0.15) is 22.8 Å². The van der Waals surface area contributed by atoms with Gasteiger partial charge in [-0.05, 0) is 41.3 Å². The molecule has 0 spiro atoms. The second-order valence-corrected chi connectivity index (χ2v) is 11.4. The molecule has 3 aromatic carbocycles. The number of hydrogen-bond acceptors (Lipinski definition) is 5. The third-order valence-electron chi connectivity index (χ3n) is 5.96. The highest BCUT2D eigenvalue weighted by atomic mass is 31.1. The van der Waals surface area contributed by atoms with E-state index in [0.717, 1.165) is 16.7 Å². The highest BCUT2D eigenvalue weighted by molar-refractivity contribution is 7.96. The van der Waals surface area contributed by atoms with E-state index >= 15 is 0 Å². The Morgan fingerprint density at radius 2 is 1.20 bits per heavy atom. The van der Waals surface area contributed by atoms with E-state index in [4.69, 9.17) is 14.2 Å². The van der Waals surface area contributed by atoms with E-state index in [1.165, 1.54) is 21.3 Å². The summed E-state index contributed by atoms with van der Waals surface area (Å²) in [7, 11) is 2.56. The zero-order valence-electron chi connectivity index (χ0n) is 21.7. The summed E-state index contributed by atoms with van der Waals surface area (Å²) < 4.78 is 16.4. The molecule has 3 rings (SSSR count). The molecule has 0 amide bonds. The maximum Gasteiger partial charge on any atom is 0.204 e. The lowest BCUT2D eigenvalue weighted by atomic mass is 9.84. The van der Waals surface area contributed by atoms with Gasteiger partial charge < -0.3 is 14.2 Å². The summed E-state index contributed by atoms with van der Waals surface area (Å²) in [5.74, 6) is 1.10. The minimum Gasteiger partial charge on any atom is -0.496 e. The lowest BCUT2D eigenvalue weighted by Crippen LogP contribution is -2.19. The molecule has 1 unspecified atom stereocenters. The molecular weight excluding hydrogens is 459 g/mol. The third-order valence-corrected chi connectivity index (χ3v) is 8.04. The molecule has 0 heterocycles. The van der Waals surface area contributed by atoms with Crippen molar-refractivity contribution in [2.24, 2.45) is 0 Å². The summed E-state index contributed by atoms with van der Waals surface area (Å²) in [6.45, 7) is 10.3. The Morgan fingerprint density at radius 3 is 1.63 bits per heavy atom. The Hall–Kier alpha value is -3.17. The van der Waals surface area contributed by atoms with Crippen LogP contribution in [-0.4, -0.2) is 32.4 Å². The molecule has 184 valence electrons. The van der Waals surface area contributed by atoms with Crippen molar-refractivity contribution in [3.8, 4) is 17.2 Å². The smallest absolute Gasteiger partial charge is 0.204 e. The molecule has 0 N–H and O–H groups in total. The zero-order chi connectivity index (χ0) is 25.9. The molecule has 5 nitrogen and oxygen atoms in total. The van der Waals surface area contributed by atoms with E-state index in [-0.39, 0.29) is 22.0 Å². The molecule has 0 radical (unpaired) electrons. The molecule has 0 saturated carbocycles. The van der Waals surface area contributed by atoms with Crippen LogP contribution in [0, 0.1) is 13.8 Å². The van der Waals surface area contributed by atoms with E-state index < -0.39 is 7.92 Å². The van der Waals surface area contributed by atoms with Crippen LogP contribution in [0.15, 0.2) is 54.6 Å². The standard InChI is InChI=1S/C29H33O5P/c1-18-14-20(29(3,4)5)15-19(2)25(18)27(30)35(22-12-10-9-11-13-22)28(31)26-23(33-7)16-21(32-6)17-24(26)34-8/h9-17H,1-8H3. The van der Waals surface area contributed by atoms with E-state index in [1.807, 2.05) is 44.2 Å². The van der Waals surface area contributed by atoms with Crippen molar-refractivity contribution in [2.45, 2.75) is 40.0 Å². The molecule has 0 aromatic heterocycles. The first-order valence-electron chi connectivity index (χ1n) is 11.4. The van der Waals surface area contributed by atoms with Gasteiger partial charge in [0.05, 0.1) is 29.3 Å². The maximum atomic E-state index is 14.2. The van der Waals surface area contributed by atoms with Gasteiger partial charge in [-0.25, -0.2) is 0 Å². The largest absolute Gasteiger partial charge is 0.496 e. The van der Waals surface area contributed by atoms with E-state index in [9.17, 15) is 9.59 Å². The van der Waals surface area contributed by atoms with Gasteiger partial charge in [0.25, 0.3) is 0 Å². The van der Waals surface area contributed by atoms with Crippen molar-refractivity contribution in [3.63, 3.8) is 0 Å². The van der Waals surface area contributed by atoms with Gasteiger partial charge in [-0.1, -0.05) is 63.2 Å². The van der Waals surface area contributed by atoms with Crippen molar-refractivity contribution in [1.82, 2.24) is 0 Å². The predicted octanol–water partition coefficient (Wildman–Crippen LogP) is 6.41. The van der Waals surface area contributed by atoms with Gasteiger partial charge in [-0.15, -0.1) is 0 Å². The number of aryl methyl sites for hydroxylation is 2. The summed E-state index contributed by atoms with van der Waals surface area (Å²) in [5.41, 5.74) is 3.14. The van der Waals surface area contributed by atoms with Crippen LogP contribution in [-0.2, 0) is 5.41 Å². The Kier molecular flexibility index (Phi) is 8.02. The second kappa shape index (κ2) is 10.6. The Morgan fingerprint density at radius 1 is 0.714 bits per heavy atom. The Balaban J connectivity index is 2.23. The Bertz CT molecular complexity index is 1190. The van der Waals surface area contributed by atoms with Crippen LogP contribution < -0.4 is 19.5 Å². The molecular formula is C29H33O5P. The van der Waals surface area contributed by atoms with Crippen molar-refractivity contribution in [3.05, 3.63) is 82.4 Å². The van der Waals surface area contributed by atoms with Crippen molar-refractivity contribution >= 4 is 24.3 Å².